The maximum atomic E-state index is 12.0. The van der Waals surface area contributed by atoms with Crippen molar-refractivity contribution in [3.05, 3.63) is 37.5 Å². The summed E-state index contributed by atoms with van der Waals surface area (Å²) in [6.07, 6.45) is 10.7. The van der Waals surface area contributed by atoms with E-state index in [-0.39, 0.29) is 57.1 Å². The Kier molecular flexibility index (Phi) is 18.4. The van der Waals surface area contributed by atoms with Crippen LogP contribution in [-0.4, -0.2) is 54.5 Å². The zero-order valence-corrected chi connectivity index (χ0v) is 21.9. The van der Waals surface area contributed by atoms with E-state index in [4.69, 9.17) is 19.9 Å². The summed E-state index contributed by atoms with van der Waals surface area (Å²) < 4.78 is 16.6. The van der Waals surface area contributed by atoms with Gasteiger partial charge in [-0.3, -0.25) is 9.59 Å². The number of hydrogen-bond donors (Lipinski definition) is 2. The highest BCUT2D eigenvalue weighted by atomic mass is 16.5. The van der Waals surface area contributed by atoms with Gasteiger partial charge in [-0.15, -0.1) is 13.2 Å². The summed E-state index contributed by atoms with van der Waals surface area (Å²) in [5.74, 6) is 0.361. The van der Waals surface area contributed by atoms with E-state index in [9.17, 15) is 9.59 Å². The molecule has 0 unspecified atom stereocenters. The van der Waals surface area contributed by atoms with Crippen molar-refractivity contribution in [2.24, 2.45) is 17.6 Å². The predicted molar refractivity (Wildman–Crippen MR) is 150 cm³/mol. The van der Waals surface area contributed by atoms with Crippen molar-refractivity contribution in [2.75, 3.05) is 0 Å². The molecule has 2 heterocycles. The average Bonchev–Trinajstić information content (AvgIpc) is 2.74. The number of nitrogens with one attached hydrogen (secondary N) is 1. The third kappa shape index (κ3) is 12.8. The van der Waals surface area contributed by atoms with E-state index in [0.717, 1.165) is 25.7 Å². The number of ether oxygens (including phenoxy) is 3. The lowest BCUT2D eigenvalue weighted by Crippen LogP contribution is -2.50. The first kappa shape index (κ1) is 36.2. The van der Waals surface area contributed by atoms with E-state index in [1.807, 2.05) is 26.0 Å². The van der Waals surface area contributed by atoms with Crippen molar-refractivity contribution in [3.8, 4) is 0 Å². The minimum atomic E-state index is -0.417. The maximum absolute atomic E-state index is 12.0. The van der Waals surface area contributed by atoms with Gasteiger partial charge in [0.15, 0.2) is 0 Å². The predicted octanol–water partition coefficient (Wildman–Crippen LogP) is 5.34. The van der Waals surface area contributed by atoms with Crippen molar-refractivity contribution in [2.45, 2.75) is 125 Å². The summed E-state index contributed by atoms with van der Waals surface area (Å²) in [5, 5.41) is 2.95. The van der Waals surface area contributed by atoms with Crippen LogP contribution in [0.3, 0.4) is 0 Å². The van der Waals surface area contributed by atoms with Gasteiger partial charge in [-0.05, 0) is 64.4 Å². The van der Waals surface area contributed by atoms with Gasteiger partial charge >= 0.3 is 5.97 Å². The second kappa shape index (κ2) is 18.3. The fraction of sp³-hybridized carbons (Fsp3) is 0.724. The normalized spacial score (nSPS) is 32.4. The summed E-state index contributed by atoms with van der Waals surface area (Å²) in [7, 11) is 0. The molecule has 2 rings (SSSR count). The Bertz CT molecular complexity index is 695. The highest BCUT2D eigenvalue weighted by Gasteiger charge is 2.33. The van der Waals surface area contributed by atoms with Crippen LogP contribution in [-0.2, 0) is 23.8 Å². The molecule has 0 aromatic heterocycles. The van der Waals surface area contributed by atoms with Gasteiger partial charge in [-0.1, -0.05) is 40.9 Å². The molecule has 3 N–H and O–H groups in total. The molecule has 210 valence electrons. The average molecular weight is 511 g/mol. The number of esters is 1. The standard InChI is InChI=1S/C17H27NO4.C10H19NO.2CH4/c1-6-7-16-11(2)10-15(13(4)22-16)18-17(20)9-8-12(3)21-14(5)19;1-4-5-10-7(2)6-9(11)8(3)12-10;;/h6,8-9,11-13,15-16H,1,7,10H2,2-5H3,(H,18,20);4,7-10H,1,5-6,11H2,2-3H3;2*1H4/b9-8-;;;/t11-,12-,13+,15+,16-;7-,8+,9+,10-;;/m00../s1. The zero-order chi connectivity index (χ0) is 25.8. The third-order valence-electron chi connectivity index (χ3n) is 6.48. The van der Waals surface area contributed by atoms with E-state index >= 15 is 0 Å². The van der Waals surface area contributed by atoms with Gasteiger partial charge in [0.2, 0.25) is 5.91 Å². The van der Waals surface area contributed by atoms with Crippen LogP contribution in [0.5, 0.6) is 0 Å². The molecule has 1 amide bonds. The first-order chi connectivity index (χ1) is 16.0. The number of nitrogens with two attached hydrogens (primary N) is 1. The molecule has 2 aliphatic heterocycles. The quantitative estimate of drug-likeness (QED) is 0.260. The Balaban J connectivity index is 0. The molecule has 36 heavy (non-hydrogen) atoms. The Labute approximate surface area is 220 Å². The van der Waals surface area contributed by atoms with E-state index in [0.29, 0.717) is 17.9 Å². The number of hydrogen-bond acceptors (Lipinski definition) is 6. The summed E-state index contributed by atoms with van der Waals surface area (Å²) in [6, 6.07) is 0.193. The molecule has 7 nitrogen and oxygen atoms in total. The number of carbonyl (C=O) groups is 2. The third-order valence-corrected chi connectivity index (χ3v) is 6.48. The summed E-state index contributed by atoms with van der Waals surface area (Å²) in [5.41, 5.74) is 5.88. The molecule has 0 saturated carbocycles. The molecule has 2 fully saturated rings. The van der Waals surface area contributed by atoms with Gasteiger partial charge in [0, 0.05) is 19.0 Å². The van der Waals surface area contributed by atoms with Crippen molar-refractivity contribution >= 4 is 11.9 Å². The molecule has 0 radical (unpaired) electrons. The van der Waals surface area contributed by atoms with Crippen molar-refractivity contribution in [1.29, 1.82) is 0 Å². The number of rotatable bonds is 8. The first-order valence-electron chi connectivity index (χ1n) is 12.4. The summed E-state index contributed by atoms with van der Waals surface area (Å²) in [6.45, 7) is 18.9. The Hall–Kier alpha value is -1.96. The number of amides is 1. The molecule has 7 heteroatoms. The van der Waals surface area contributed by atoms with Crippen LogP contribution in [0.2, 0.25) is 0 Å². The van der Waals surface area contributed by atoms with Crippen LogP contribution >= 0.6 is 0 Å². The smallest absolute Gasteiger partial charge is 0.303 e. The summed E-state index contributed by atoms with van der Waals surface area (Å²) >= 11 is 0. The largest absolute Gasteiger partial charge is 0.459 e. The highest BCUT2D eigenvalue weighted by molar-refractivity contribution is 5.87. The summed E-state index contributed by atoms with van der Waals surface area (Å²) in [4.78, 5) is 22.7. The second-order valence-corrected chi connectivity index (χ2v) is 9.69. The molecule has 0 bridgehead atoms. The van der Waals surface area contributed by atoms with Gasteiger partial charge < -0.3 is 25.3 Å². The van der Waals surface area contributed by atoms with Gasteiger partial charge in [-0.25, -0.2) is 0 Å². The van der Waals surface area contributed by atoms with Crippen LogP contribution in [0.15, 0.2) is 37.5 Å². The monoisotopic (exact) mass is 510 g/mol. The lowest BCUT2D eigenvalue weighted by molar-refractivity contribution is -0.143. The van der Waals surface area contributed by atoms with Crippen LogP contribution in [0.25, 0.3) is 0 Å². The van der Waals surface area contributed by atoms with Crippen LogP contribution in [0.4, 0.5) is 0 Å². The topological polar surface area (TPSA) is 99.9 Å². The molecular formula is C29H54N2O5. The SMILES string of the molecule is C.C.C=CC[C@@H]1O[C@H](C)[C@H](N)C[C@@H]1C.C=CC[C@@H]1O[C@H](C)[C@H](NC(=O)/C=C\[C@H](C)OC(C)=O)C[C@@H]1C. The number of carbonyl (C=O) groups excluding carboxylic acids is 2. The fourth-order valence-corrected chi connectivity index (χ4v) is 4.37. The molecule has 0 aromatic rings. The Morgan fingerprint density at radius 3 is 2.00 bits per heavy atom. The van der Waals surface area contributed by atoms with Crippen molar-refractivity contribution in [3.63, 3.8) is 0 Å². The first-order valence-corrected chi connectivity index (χ1v) is 12.4. The molecule has 2 aliphatic rings. The van der Waals surface area contributed by atoms with Gasteiger partial charge in [0.1, 0.15) is 6.10 Å². The van der Waals surface area contributed by atoms with Gasteiger partial charge in [0.25, 0.3) is 0 Å². The maximum Gasteiger partial charge on any atom is 0.303 e. The molecular weight excluding hydrogens is 456 g/mol. The highest BCUT2D eigenvalue weighted by Crippen LogP contribution is 2.27. The van der Waals surface area contributed by atoms with Gasteiger partial charge in [-0.2, -0.15) is 0 Å². The van der Waals surface area contributed by atoms with Gasteiger partial charge in [0.05, 0.1) is 30.5 Å². The Morgan fingerprint density at radius 2 is 1.50 bits per heavy atom. The molecule has 0 aliphatic carbocycles. The molecule has 2 saturated heterocycles. The van der Waals surface area contributed by atoms with Crippen LogP contribution in [0, 0.1) is 11.8 Å². The second-order valence-electron chi connectivity index (χ2n) is 9.69. The Morgan fingerprint density at radius 1 is 1.00 bits per heavy atom. The molecule has 0 aromatic carbocycles. The van der Waals surface area contributed by atoms with Crippen molar-refractivity contribution in [1.82, 2.24) is 5.32 Å². The molecule has 0 spiro atoms. The van der Waals surface area contributed by atoms with Crippen LogP contribution in [0.1, 0.15) is 82.1 Å². The van der Waals surface area contributed by atoms with E-state index in [1.54, 1.807) is 13.0 Å². The van der Waals surface area contributed by atoms with Crippen molar-refractivity contribution < 1.29 is 23.8 Å². The minimum Gasteiger partial charge on any atom is -0.459 e. The van der Waals surface area contributed by atoms with E-state index in [1.165, 1.54) is 13.0 Å². The molecule has 9 atom stereocenters. The van der Waals surface area contributed by atoms with E-state index in [2.05, 4.69) is 32.3 Å². The minimum absolute atomic E-state index is 0. The zero-order valence-electron chi connectivity index (χ0n) is 21.9. The lowest BCUT2D eigenvalue weighted by atomic mass is 9.88. The lowest BCUT2D eigenvalue weighted by Gasteiger charge is -2.39. The van der Waals surface area contributed by atoms with E-state index < -0.39 is 6.10 Å². The van der Waals surface area contributed by atoms with Crippen LogP contribution < -0.4 is 11.1 Å². The fourth-order valence-electron chi connectivity index (χ4n) is 4.37.